The normalized spacial score (nSPS) is 22.7. The Hall–Kier alpha value is -0.940. The summed E-state index contributed by atoms with van der Waals surface area (Å²) in [6.07, 6.45) is 0.630. The minimum absolute atomic E-state index is 0.0128. The molecule has 21 heavy (non-hydrogen) atoms. The van der Waals surface area contributed by atoms with Gasteiger partial charge in [0.1, 0.15) is 0 Å². The van der Waals surface area contributed by atoms with Crippen molar-refractivity contribution in [3.05, 3.63) is 28.2 Å². The van der Waals surface area contributed by atoms with Gasteiger partial charge in [-0.2, -0.15) is 9.57 Å². The van der Waals surface area contributed by atoms with Gasteiger partial charge in [0.25, 0.3) is 0 Å². The number of nitrogens with zero attached hydrogens (tertiary/aromatic N) is 2. The lowest BCUT2D eigenvalue weighted by atomic mass is 9.81. The molecule has 5 nitrogen and oxygen atoms in total. The number of benzene rings is 1. The molecule has 0 aromatic heterocycles. The first-order chi connectivity index (χ1) is 9.66. The summed E-state index contributed by atoms with van der Waals surface area (Å²) in [5.41, 5.74) is 6.10. The number of sulfonamides is 1. The first-order valence-corrected chi connectivity index (χ1v) is 8.86. The molecule has 2 rings (SSSR count). The highest BCUT2D eigenvalue weighted by Gasteiger charge is 2.38. The Bertz CT molecular complexity index is 695. The molecule has 1 aliphatic rings. The van der Waals surface area contributed by atoms with E-state index in [1.807, 2.05) is 19.9 Å². The predicted molar refractivity (Wildman–Crippen MR) is 84.0 cm³/mol. The zero-order valence-corrected chi connectivity index (χ0v) is 14.4. The number of nitriles is 1. The topological polar surface area (TPSA) is 87.2 Å². The largest absolute Gasteiger partial charge is 0.327 e. The van der Waals surface area contributed by atoms with Gasteiger partial charge in [-0.05, 0) is 30.0 Å². The van der Waals surface area contributed by atoms with E-state index >= 15 is 0 Å². The monoisotopic (exact) mass is 371 g/mol. The Morgan fingerprint density at radius 3 is 2.67 bits per heavy atom. The number of hydrogen-bond donors (Lipinski definition) is 1. The van der Waals surface area contributed by atoms with E-state index < -0.39 is 10.0 Å². The van der Waals surface area contributed by atoms with Crippen LogP contribution in [0.1, 0.15) is 25.8 Å². The summed E-state index contributed by atoms with van der Waals surface area (Å²) < 4.78 is 27.5. The molecule has 114 valence electrons. The van der Waals surface area contributed by atoms with Crippen molar-refractivity contribution in [2.75, 3.05) is 13.1 Å². The number of rotatable bonds is 2. The van der Waals surface area contributed by atoms with Gasteiger partial charge in [0.05, 0.1) is 16.5 Å². The molecule has 1 atom stereocenters. The maximum absolute atomic E-state index is 12.8. The van der Waals surface area contributed by atoms with E-state index in [2.05, 4.69) is 15.9 Å². The summed E-state index contributed by atoms with van der Waals surface area (Å²) in [5.74, 6) is 0. The van der Waals surface area contributed by atoms with Crippen molar-refractivity contribution >= 4 is 26.0 Å². The Balaban J connectivity index is 2.39. The van der Waals surface area contributed by atoms with E-state index in [-0.39, 0.29) is 16.4 Å². The number of halogens is 1. The van der Waals surface area contributed by atoms with Crippen molar-refractivity contribution in [3.8, 4) is 6.07 Å². The van der Waals surface area contributed by atoms with Gasteiger partial charge in [-0.3, -0.25) is 0 Å². The van der Waals surface area contributed by atoms with Gasteiger partial charge in [0.15, 0.2) is 0 Å². The van der Waals surface area contributed by atoms with Crippen LogP contribution in [0.4, 0.5) is 0 Å². The molecule has 0 amide bonds. The van der Waals surface area contributed by atoms with Crippen LogP contribution in [0, 0.1) is 16.7 Å². The lowest BCUT2D eigenvalue weighted by Crippen LogP contribution is -2.53. The number of hydrogen-bond acceptors (Lipinski definition) is 4. The molecule has 1 aromatic carbocycles. The molecule has 1 unspecified atom stereocenters. The lowest BCUT2D eigenvalue weighted by Gasteiger charge is -2.41. The molecule has 7 heteroatoms. The molecule has 0 bridgehead atoms. The highest BCUT2D eigenvalue weighted by Crippen LogP contribution is 2.32. The van der Waals surface area contributed by atoms with Crippen LogP contribution in [0.2, 0.25) is 0 Å². The minimum atomic E-state index is -3.61. The van der Waals surface area contributed by atoms with Crippen LogP contribution in [0.25, 0.3) is 0 Å². The zero-order chi connectivity index (χ0) is 15.8. The fourth-order valence-electron chi connectivity index (χ4n) is 2.46. The Morgan fingerprint density at radius 1 is 1.43 bits per heavy atom. The van der Waals surface area contributed by atoms with Crippen LogP contribution >= 0.6 is 15.9 Å². The summed E-state index contributed by atoms with van der Waals surface area (Å²) in [6, 6.07) is 6.48. The Labute approximate surface area is 133 Å². The fourth-order valence-corrected chi connectivity index (χ4v) is 4.80. The molecule has 0 saturated carbocycles. The average Bonchev–Trinajstić information content (AvgIpc) is 2.40. The van der Waals surface area contributed by atoms with Crippen molar-refractivity contribution < 1.29 is 8.42 Å². The maximum Gasteiger partial charge on any atom is 0.243 e. The van der Waals surface area contributed by atoms with Crippen LogP contribution in [-0.2, 0) is 10.0 Å². The summed E-state index contributed by atoms with van der Waals surface area (Å²) in [7, 11) is -3.61. The third-order valence-corrected chi connectivity index (χ3v) is 6.20. The second-order valence-corrected chi connectivity index (χ2v) is 8.86. The van der Waals surface area contributed by atoms with Crippen LogP contribution < -0.4 is 5.73 Å². The number of piperidine rings is 1. The first kappa shape index (κ1) is 16.4. The maximum atomic E-state index is 12.8. The minimum Gasteiger partial charge on any atom is -0.327 e. The Kier molecular flexibility index (Phi) is 4.45. The van der Waals surface area contributed by atoms with E-state index in [4.69, 9.17) is 11.0 Å². The highest BCUT2D eigenvalue weighted by molar-refractivity contribution is 9.10. The van der Waals surface area contributed by atoms with E-state index in [9.17, 15) is 8.42 Å². The molecule has 2 N–H and O–H groups in total. The van der Waals surface area contributed by atoms with Gasteiger partial charge in [0, 0.05) is 23.6 Å². The summed E-state index contributed by atoms with van der Waals surface area (Å²) >= 11 is 3.25. The first-order valence-electron chi connectivity index (χ1n) is 6.63. The smallest absolute Gasteiger partial charge is 0.243 e. The van der Waals surface area contributed by atoms with Gasteiger partial charge < -0.3 is 5.73 Å². The molecule has 1 fully saturated rings. The van der Waals surface area contributed by atoms with E-state index in [0.717, 1.165) is 0 Å². The second kappa shape index (κ2) is 5.69. The fraction of sp³-hybridized carbons (Fsp3) is 0.500. The third-order valence-electron chi connectivity index (χ3n) is 3.92. The van der Waals surface area contributed by atoms with Gasteiger partial charge in [-0.15, -0.1) is 0 Å². The molecule has 1 aromatic rings. The molecule has 0 spiro atoms. The van der Waals surface area contributed by atoms with Crippen molar-refractivity contribution in [3.63, 3.8) is 0 Å². The van der Waals surface area contributed by atoms with Gasteiger partial charge in [0.2, 0.25) is 10.0 Å². The molecule has 1 heterocycles. The Morgan fingerprint density at radius 2 is 2.10 bits per heavy atom. The predicted octanol–water partition coefficient (Wildman–Crippen LogP) is 2.07. The van der Waals surface area contributed by atoms with Gasteiger partial charge in [-0.1, -0.05) is 29.8 Å². The van der Waals surface area contributed by atoms with Crippen LogP contribution in [0.15, 0.2) is 27.6 Å². The summed E-state index contributed by atoms with van der Waals surface area (Å²) in [5, 5.41) is 8.98. The van der Waals surface area contributed by atoms with E-state index in [1.54, 1.807) is 6.07 Å². The van der Waals surface area contributed by atoms with Gasteiger partial charge >= 0.3 is 0 Å². The summed E-state index contributed by atoms with van der Waals surface area (Å²) in [6.45, 7) is 4.73. The SMILES string of the molecule is CC1(C)CN(S(=O)(=O)c2cc(Br)cc(C#N)c2)CCC1N. The highest BCUT2D eigenvalue weighted by atomic mass is 79.9. The molecule has 0 radical (unpaired) electrons. The van der Waals surface area contributed by atoms with Crippen molar-refractivity contribution in [2.45, 2.75) is 31.2 Å². The third kappa shape index (κ3) is 3.29. The quantitative estimate of drug-likeness (QED) is 0.861. The van der Waals surface area contributed by atoms with Crippen molar-refractivity contribution in [2.24, 2.45) is 11.1 Å². The molecule has 1 aliphatic heterocycles. The molecule has 1 saturated heterocycles. The molecular weight excluding hydrogens is 354 g/mol. The van der Waals surface area contributed by atoms with Crippen LogP contribution in [0.5, 0.6) is 0 Å². The molecule has 0 aliphatic carbocycles. The van der Waals surface area contributed by atoms with E-state index in [0.29, 0.717) is 29.5 Å². The van der Waals surface area contributed by atoms with Crippen molar-refractivity contribution in [1.82, 2.24) is 4.31 Å². The van der Waals surface area contributed by atoms with Gasteiger partial charge in [-0.25, -0.2) is 8.42 Å². The molecular formula is C14H18BrN3O2S. The van der Waals surface area contributed by atoms with Crippen LogP contribution in [-0.4, -0.2) is 31.9 Å². The van der Waals surface area contributed by atoms with E-state index in [1.165, 1.54) is 16.4 Å². The zero-order valence-electron chi connectivity index (χ0n) is 12.0. The van der Waals surface area contributed by atoms with Crippen molar-refractivity contribution in [1.29, 1.82) is 5.26 Å². The second-order valence-electron chi connectivity index (χ2n) is 6.01. The standard InChI is InChI=1S/C14H18BrN3O2S/c1-14(2)9-18(4-3-13(14)17)21(19,20)12-6-10(8-16)5-11(15)7-12/h5-7,13H,3-4,9,17H2,1-2H3. The van der Waals surface area contributed by atoms with Crippen LogP contribution in [0.3, 0.4) is 0 Å². The number of nitrogens with two attached hydrogens (primary N) is 1. The average molecular weight is 372 g/mol. The lowest BCUT2D eigenvalue weighted by molar-refractivity contribution is 0.155. The summed E-state index contributed by atoms with van der Waals surface area (Å²) in [4.78, 5) is 0.139.